The second kappa shape index (κ2) is 8.62. The highest BCUT2D eigenvalue weighted by molar-refractivity contribution is 9.10. The molecule has 3 rings (SSSR count). The summed E-state index contributed by atoms with van der Waals surface area (Å²) in [4.78, 5) is 8.81. The van der Waals surface area contributed by atoms with Crippen molar-refractivity contribution in [2.24, 2.45) is 0 Å². The van der Waals surface area contributed by atoms with E-state index in [1.165, 1.54) is 11.1 Å². The fourth-order valence-corrected chi connectivity index (χ4v) is 3.11. The Bertz CT molecular complexity index is 821. The van der Waals surface area contributed by atoms with E-state index in [1.54, 1.807) is 6.20 Å². The third kappa shape index (κ3) is 5.29. The number of benzene rings is 2. The van der Waals surface area contributed by atoms with E-state index in [1.807, 2.05) is 18.2 Å². The smallest absolute Gasteiger partial charge is 0.229 e. The van der Waals surface area contributed by atoms with Gasteiger partial charge in [-0.15, -0.1) is 0 Å². The molecule has 2 N–H and O–H groups in total. The molecule has 0 spiro atoms. The van der Waals surface area contributed by atoms with Gasteiger partial charge in [-0.05, 0) is 65.0 Å². The predicted octanol–water partition coefficient (Wildman–Crippen LogP) is 5.34. The van der Waals surface area contributed by atoms with Crippen molar-refractivity contribution in [1.82, 2.24) is 9.97 Å². The summed E-state index contributed by atoms with van der Waals surface area (Å²) in [5.41, 5.74) is 3.51. The van der Waals surface area contributed by atoms with Crippen molar-refractivity contribution in [2.45, 2.75) is 19.8 Å². The van der Waals surface area contributed by atoms with Gasteiger partial charge in [0, 0.05) is 17.2 Å². The second-order valence-electron chi connectivity index (χ2n) is 5.89. The molecule has 0 unspecified atom stereocenters. The van der Waals surface area contributed by atoms with E-state index in [9.17, 15) is 0 Å². The first-order chi connectivity index (χ1) is 12.2. The minimum absolute atomic E-state index is 0.581. The average molecular weight is 397 g/mol. The van der Waals surface area contributed by atoms with E-state index in [0.29, 0.717) is 5.95 Å². The van der Waals surface area contributed by atoms with Crippen LogP contribution in [0.5, 0.6) is 0 Å². The molecule has 0 fully saturated rings. The van der Waals surface area contributed by atoms with Gasteiger partial charge in [0.25, 0.3) is 0 Å². The molecule has 0 aliphatic carbocycles. The van der Waals surface area contributed by atoms with Crippen molar-refractivity contribution in [3.05, 3.63) is 76.4 Å². The van der Waals surface area contributed by atoms with Gasteiger partial charge in [0.2, 0.25) is 5.95 Å². The summed E-state index contributed by atoms with van der Waals surface area (Å²) >= 11 is 3.56. The average Bonchev–Trinajstić information content (AvgIpc) is 2.62. The van der Waals surface area contributed by atoms with Crippen LogP contribution in [0.2, 0.25) is 0 Å². The molecule has 3 aromatic rings. The summed E-state index contributed by atoms with van der Waals surface area (Å²) in [5, 5.41) is 6.61. The van der Waals surface area contributed by atoms with E-state index in [0.717, 1.165) is 35.4 Å². The number of nitrogens with zero attached hydrogens (tertiary/aromatic N) is 2. The van der Waals surface area contributed by atoms with Crippen LogP contribution in [0.3, 0.4) is 0 Å². The Morgan fingerprint density at radius 1 is 1.04 bits per heavy atom. The van der Waals surface area contributed by atoms with Crippen LogP contribution in [-0.4, -0.2) is 16.5 Å². The quantitative estimate of drug-likeness (QED) is 0.529. The lowest BCUT2D eigenvalue weighted by Gasteiger charge is -2.10. The monoisotopic (exact) mass is 396 g/mol. The molecule has 0 amide bonds. The Hall–Kier alpha value is -2.40. The first-order valence-corrected chi connectivity index (χ1v) is 9.14. The van der Waals surface area contributed by atoms with Gasteiger partial charge < -0.3 is 10.6 Å². The zero-order valence-electron chi connectivity index (χ0n) is 14.2. The molecule has 0 atom stereocenters. The van der Waals surface area contributed by atoms with Crippen LogP contribution in [0.4, 0.5) is 17.5 Å². The molecule has 1 aromatic heterocycles. The molecule has 1 heterocycles. The van der Waals surface area contributed by atoms with Gasteiger partial charge in [-0.1, -0.05) is 36.4 Å². The maximum Gasteiger partial charge on any atom is 0.229 e. The Balaban J connectivity index is 1.54. The Labute approximate surface area is 156 Å². The maximum absolute atomic E-state index is 4.52. The van der Waals surface area contributed by atoms with Gasteiger partial charge in [-0.3, -0.25) is 0 Å². The van der Waals surface area contributed by atoms with E-state index in [4.69, 9.17) is 0 Å². The van der Waals surface area contributed by atoms with Crippen molar-refractivity contribution in [3.63, 3.8) is 0 Å². The number of rotatable bonds is 7. The maximum atomic E-state index is 4.52. The summed E-state index contributed by atoms with van der Waals surface area (Å²) in [6, 6.07) is 18.5. The van der Waals surface area contributed by atoms with Gasteiger partial charge in [0.05, 0.1) is 5.69 Å². The topological polar surface area (TPSA) is 49.8 Å². The van der Waals surface area contributed by atoms with Crippen molar-refractivity contribution in [1.29, 1.82) is 0 Å². The van der Waals surface area contributed by atoms with Crippen LogP contribution < -0.4 is 10.6 Å². The van der Waals surface area contributed by atoms with Crippen LogP contribution in [-0.2, 0) is 6.42 Å². The predicted molar refractivity (Wildman–Crippen MR) is 107 cm³/mol. The van der Waals surface area contributed by atoms with E-state index in [2.05, 4.69) is 79.9 Å². The lowest BCUT2D eigenvalue weighted by molar-refractivity contribution is 0.858. The molecular weight excluding hydrogens is 376 g/mol. The molecular formula is C20H21BrN4. The third-order valence-corrected chi connectivity index (χ3v) is 4.47. The highest BCUT2D eigenvalue weighted by Gasteiger charge is 2.04. The first-order valence-electron chi connectivity index (χ1n) is 8.35. The van der Waals surface area contributed by atoms with Crippen molar-refractivity contribution in [3.8, 4) is 0 Å². The van der Waals surface area contributed by atoms with Gasteiger partial charge in [-0.25, -0.2) is 4.98 Å². The van der Waals surface area contributed by atoms with Crippen LogP contribution >= 0.6 is 15.9 Å². The molecule has 0 saturated heterocycles. The van der Waals surface area contributed by atoms with Crippen molar-refractivity contribution >= 4 is 33.4 Å². The van der Waals surface area contributed by atoms with Crippen LogP contribution in [0.1, 0.15) is 17.5 Å². The number of hydrogen-bond acceptors (Lipinski definition) is 4. The van der Waals surface area contributed by atoms with Gasteiger partial charge in [0.15, 0.2) is 0 Å². The molecule has 0 radical (unpaired) electrons. The summed E-state index contributed by atoms with van der Waals surface area (Å²) in [6.07, 6.45) is 3.87. The number of aryl methyl sites for hydroxylation is 2. The summed E-state index contributed by atoms with van der Waals surface area (Å²) in [7, 11) is 0. The lowest BCUT2D eigenvalue weighted by atomic mass is 10.1. The molecule has 128 valence electrons. The minimum Gasteiger partial charge on any atom is -0.370 e. The molecule has 25 heavy (non-hydrogen) atoms. The van der Waals surface area contributed by atoms with E-state index in [-0.39, 0.29) is 0 Å². The summed E-state index contributed by atoms with van der Waals surface area (Å²) in [6.45, 7) is 2.94. The van der Waals surface area contributed by atoms with Gasteiger partial charge >= 0.3 is 0 Å². The Kier molecular flexibility index (Phi) is 6.01. The first kappa shape index (κ1) is 17.4. The van der Waals surface area contributed by atoms with E-state index >= 15 is 0 Å². The Morgan fingerprint density at radius 3 is 2.68 bits per heavy atom. The van der Waals surface area contributed by atoms with E-state index < -0.39 is 0 Å². The fourth-order valence-electron chi connectivity index (χ4n) is 2.51. The highest BCUT2D eigenvalue weighted by atomic mass is 79.9. The third-order valence-electron chi connectivity index (χ3n) is 3.82. The minimum atomic E-state index is 0.581. The molecule has 0 saturated carbocycles. The van der Waals surface area contributed by atoms with Crippen LogP contribution in [0.25, 0.3) is 0 Å². The van der Waals surface area contributed by atoms with Crippen molar-refractivity contribution < 1.29 is 0 Å². The van der Waals surface area contributed by atoms with Crippen molar-refractivity contribution in [2.75, 3.05) is 17.2 Å². The number of halogens is 1. The standard InChI is InChI=1S/C20H21BrN4/c1-15-9-10-18(17(21)14-15)24-20-23-13-11-19(25-20)22-12-5-8-16-6-3-2-4-7-16/h2-4,6-7,9-11,13-14H,5,8,12H2,1H3,(H2,22,23,24,25). The van der Waals surface area contributed by atoms with Crippen LogP contribution in [0.15, 0.2) is 65.3 Å². The molecule has 0 aliphatic heterocycles. The zero-order valence-corrected chi connectivity index (χ0v) is 15.8. The highest BCUT2D eigenvalue weighted by Crippen LogP contribution is 2.25. The molecule has 4 nitrogen and oxygen atoms in total. The normalized spacial score (nSPS) is 10.5. The summed E-state index contributed by atoms with van der Waals surface area (Å²) < 4.78 is 0.998. The van der Waals surface area contributed by atoms with Gasteiger partial charge in [-0.2, -0.15) is 4.98 Å². The Morgan fingerprint density at radius 2 is 1.88 bits per heavy atom. The second-order valence-corrected chi connectivity index (χ2v) is 6.74. The van der Waals surface area contributed by atoms with Crippen LogP contribution in [0, 0.1) is 6.92 Å². The fraction of sp³-hybridized carbons (Fsp3) is 0.200. The lowest BCUT2D eigenvalue weighted by Crippen LogP contribution is -2.06. The molecule has 0 bridgehead atoms. The number of hydrogen-bond donors (Lipinski definition) is 2. The number of aromatic nitrogens is 2. The van der Waals surface area contributed by atoms with Gasteiger partial charge in [0.1, 0.15) is 5.82 Å². The molecule has 2 aromatic carbocycles. The number of nitrogens with one attached hydrogen (secondary N) is 2. The zero-order chi connectivity index (χ0) is 17.5. The molecule has 0 aliphatic rings. The molecule has 5 heteroatoms. The largest absolute Gasteiger partial charge is 0.370 e. The summed E-state index contributed by atoms with van der Waals surface area (Å²) in [5.74, 6) is 1.41. The SMILES string of the molecule is Cc1ccc(Nc2nccc(NCCCc3ccccc3)n2)c(Br)c1. The number of anilines is 3.